The number of rotatable bonds is 4. The Morgan fingerprint density at radius 3 is 2.75 bits per heavy atom. The normalized spacial score (nSPS) is 12.6. The molecule has 0 fully saturated rings. The van der Waals surface area contributed by atoms with E-state index in [1.165, 1.54) is 0 Å². The fourth-order valence-electron chi connectivity index (χ4n) is 1.15. The maximum Gasteiger partial charge on any atom is 0.323 e. The molecule has 0 aliphatic rings. The van der Waals surface area contributed by atoms with Crippen LogP contribution in [0.2, 0.25) is 0 Å². The van der Waals surface area contributed by atoms with Crippen molar-refractivity contribution in [3.05, 3.63) is 34.3 Å². The Kier molecular flexibility index (Phi) is 4.96. The summed E-state index contributed by atoms with van der Waals surface area (Å²) in [4.78, 5) is 11.5. The van der Waals surface area contributed by atoms with Crippen LogP contribution < -0.4 is 5.73 Å². The molecule has 1 aromatic carbocycles. The molecule has 0 saturated carbocycles. The average Bonchev–Trinajstić information content (AvgIpc) is 2.24. The van der Waals surface area contributed by atoms with Gasteiger partial charge in [0.2, 0.25) is 0 Å². The lowest BCUT2D eigenvalue weighted by Gasteiger charge is -2.14. The largest absolute Gasteiger partial charge is 0.460 e. The number of halogens is 1. The molecule has 0 aliphatic carbocycles. The van der Waals surface area contributed by atoms with Crippen molar-refractivity contribution in [2.24, 2.45) is 11.7 Å². The van der Waals surface area contributed by atoms with Gasteiger partial charge in [0.1, 0.15) is 12.6 Å². The minimum Gasteiger partial charge on any atom is -0.460 e. The molecule has 0 unspecified atom stereocenters. The van der Waals surface area contributed by atoms with Gasteiger partial charge in [-0.05, 0) is 23.6 Å². The van der Waals surface area contributed by atoms with Crippen molar-refractivity contribution in [2.75, 3.05) is 0 Å². The molecule has 0 aromatic heterocycles. The van der Waals surface area contributed by atoms with Gasteiger partial charge >= 0.3 is 5.97 Å². The van der Waals surface area contributed by atoms with Crippen LogP contribution in [0, 0.1) is 5.92 Å². The molecule has 0 radical (unpaired) electrons. The third kappa shape index (κ3) is 3.94. The van der Waals surface area contributed by atoms with Gasteiger partial charge in [0, 0.05) is 4.47 Å². The number of esters is 1. The molecule has 4 heteroatoms. The first-order valence-electron chi connectivity index (χ1n) is 5.17. The second-order valence-corrected chi connectivity index (χ2v) is 4.92. The molecule has 2 N–H and O–H groups in total. The molecule has 0 saturated heterocycles. The Hall–Kier alpha value is -0.870. The minimum absolute atomic E-state index is 0.0926. The number of hydrogen-bond acceptors (Lipinski definition) is 3. The summed E-state index contributed by atoms with van der Waals surface area (Å²) < 4.78 is 6.09. The van der Waals surface area contributed by atoms with E-state index in [1.54, 1.807) is 0 Å². The van der Waals surface area contributed by atoms with Crippen molar-refractivity contribution < 1.29 is 9.53 Å². The predicted molar refractivity (Wildman–Crippen MR) is 66.8 cm³/mol. The number of nitrogens with two attached hydrogens (primary N) is 1. The number of hydrogen-bond donors (Lipinski definition) is 1. The Balaban J connectivity index is 2.49. The second-order valence-electron chi connectivity index (χ2n) is 4.01. The molecule has 16 heavy (non-hydrogen) atoms. The molecule has 0 amide bonds. The van der Waals surface area contributed by atoms with Crippen LogP contribution in [0.15, 0.2) is 28.7 Å². The van der Waals surface area contributed by atoms with Gasteiger partial charge in [-0.1, -0.05) is 41.9 Å². The highest BCUT2D eigenvalue weighted by Crippen LogP contribution is 2.12. The van der Waals surface area contributed by atoms with Crippen LogP contribution in [0.4, 0.5) is 0 Å². The van der Waals surface area contributed by atoms with Crippen LogP contribution in [-0.4, -0.2) is 12.0 Å². The Bertz CT molecular complexity index is 366. The zero-order valence-corrected chi connectivity index (χ0v) is 11.0. The first-order valence-corrected chi connectivity index (χ1v) is 5.96. The van der Waals surface area contributed by atoms with Gasteiger partial charge in [0.25, 0.3) is 0 Å². The van der Waals surface area contributed by atoms with Crippen molar-refractivity contribution in [2.45, 2.75) is 26.5 Å². The van der Waals surface area contributed by atoms with Crippen molar-refractivity contribution in [1.29, 1.82) is 0 Å². The topological polar surface area (TPSA) is 52.3 Å². The van der Waals surface area contributed by atoms with Crippen LogP contribution in [0.25, 0.3) is 0 Å². The lowest BCUT2D eigenvalue weighted by atomic mass is 10.1. The summed E-state index contributed by atoms with van der Waals surface area (Å²) in [6, 6.07) is 7.08. The van der Waals surface area contributed by atoms with Crippen molar-refractivity contribution >= 4 is 21.9 Å². The Labute approximate surface area is 104 Å². The fourth-order valence-corrected chi connectivity index (χ4v) is 1.60. The van der Waals surface area contributed by atoms with E-state index >= 15 is 0 Å². The zero-order chi connectivity index (χ0) is 12.1. The smallest absolute Gasteiger partial charge is 0.323 e. The van der Waals surface area contributed by atoms with Gasteiger partial charge in [-0.15, -0.1) is 0 Å². The van der Waals surface area contributed by atoms with Crippen molar-refractivity contribution in [1.82, 2.24) is 0 Å². The van der Waals surface area contributed by atoms with E-state index in [2.05, 4.69) is 15.9 Å². The molecule has 0 heterocycles. The molecule has 0 aliphatic heterocycles. The van der Waals surface area contributed by atoms with Crippen LogP contribution in [0.5, 0.6) is 0 Å². The standard InChI is InChI=1S/C12H16BrNO2/c1-8(2)11(14)12(15)16-7-9-4-3-5-10(13)6-9/h3-6,8,11H,7,14H2,1-2H3/t11-/m1/s1. The van der Waals surface area contributed by atoms with E-state index in [9.17, 15) is 4.79 Å². The Morgan fingerprint density at radius 1 is 1.50 bits per heavy atom. The van der Waals surface area contributed by atoms with E-state index in [1.807, 2.05) is 38.1 Å². The lowest BCUT2D eigenvalue weighted by Crippen LogP contribution is -2.36. The molecular formula is C12H16BrNO2. The molecule has 0 bridgehead atoms. The maximum absolute atomic E-state index is 11.5. The summed E-state index contributed by atoms with van der Waals surface area (Å²) in [7, 11) is 0. The van der Waals surface area contributed by atoms with Gasteiger partial charge in [0.15, 0.2) is 0 Å². The Morgan fingerprint density at radius 2 is 2.19 bits per heavy atom. The molecule has 1 rings (SSSR count). The third-order valence-corrected chi connectivity index (χ3v) is 2.75. The van der Waals surface area contributed by atoms with Gasteiger partial charge in [-0.3, -0.25) is 4.79 Å². The van der Waals surface area contributed by atoms with Crippen molar-refractivity contribution in [3.8, 4) is 0 Å². The molecule has 3 nitrogen and oxygen atoms in total. The van der Waals surface area contributed by atoms with E-state index in [0.29, 0.717) is 0 Å². The highest BCUT2D eigenvalue weighted by Gasteiger charge is 2.18. The van der Waals surface area contributed by atoms with Crippen LogP contribution in [0.1, 0.15) is 19.4 Å². The predicted octanol–water partition coefficient (Wildman–Crippen LogP) is 2.48. The fraction of sp³-hybridized carbons (Fsp3) is 0.417. The summed E-state index contributed by atoms with van der Waals surface area (Å²) in [5, 5.41) is 0. The first kappa shape index (κ1) is 13.2. The molecule has 1 aromatic rings. The monoisotopic (exact) mass is 285 g/mol. The van der Waals surface area contributed by atoms with Gasteiger partial charge < -0.3 is 10.5 Å². The molecule has 88 valence electrons. The van der Waals surface area contributed by atoms with E-state index in [0.717, 1.165) is 10.0 Å². The average molecular weight is 286 g/mol. The summed E-state index contributed by atoms with van der Waals surface area (Å²) in [5.74, 6) is -0.259. The summed E-state index contributed by atoms with van der Waals surface area (Å²) >= 11 is 3.36. The summed E-state index contributed by atoms with van der Waals surface area (Å²) in [6.07, 6.45) is 0. The lowest BCUT2D eigenvalue weighted by molar-refractivity contribution is -0.147. The van der Waals surface area contributed by atoms with Crippen LogP contribution in [0.3, 0.4) is 0 Å². The van der Waals surface area contributed by atoms with E-state index in [4.69, 9.17) is 10.5 Å². The van der Waals surface area contributed by atoms with Gasteiger partial charge in [-0.2, -0.15) is 0 Å². The zero-order valence-electron chi connectivity index (χ0n) is 9.44. The summed E-state index contributed by atoms with van der Waals surface area (Å²) in [6.45, 7) is 4.05. The summed E-state index contributed by atoms with van der Waals surface area (Å²) in [5.41, 5.74) is 6.61. The van der Waals surface area contributed by atoms with Gasteiger partial charge in [-0.25, -0.2) is 0 Å². The number of carbonyl (C=O) groups excluding carboxylic acids is 1. The molecule has 1 atom stereocenters. The minimum atomic E-state index is -0.549. The van der Waals surface area contributed by atoms with E-state index < -0.39 is 6.04 Å². The molecule has 0 spiro atoms. The first-order chi connectivity index (χ1) is 7.50. The highest BCUT2D eigenvalue weighted by molar-refractivity contribution is 9.10. The number of benzene rings is 1. The third-order valence-electron chi connectivity index (χ3n) is 2.26. The van der Waals surface area contributed by atoms with Crippen LogP contribution >= 0.6 is 15.9 Å². The number of ether oxygens (including phenoxy) is 1. The maximum atomic E-state index is 11.5. The highest BCUT2D eigenvalue weighted by atomic mass is 79.9. The quantitative estimate of drug-likeness (QED) is 0.865. The van der Waals surface area contributed by atoms with Crippen molar-refractivity contribution in [3.63, 3.8) is 0 Å². The molecular weight excluding hydrogens is 270 g/mol. The second kappa shape index (κ2) is 6.01. The SMILES string of the molecule is CC(C)[C@@H](N)C(=O)OCc1cccc(Br)c1. The van der Waals surface area contributed by atoms with Crippen LogP contribution in [-0.2, 0) is 16.1 Å². The van der Waals surface area contributed by atoms with Gasteiger partial charge in [0.05, 0.1) is 0 Å². The number of carbonyl (C=O) groups is 1. The van der Waals surface area contributed by atoms with E-state index in [-0.39, 0.29) is 18.5 Å².